The maximum atomic E-state index is 2.57. The van der Waals surface area contributed by atoms with E-state index in [1.807, 2.05) is 0 Å². The van der Waals surface area contributed by atoms with Crippen molar-refractivity contribution >= 4 is 22.7 Å². The van der Waals surface area contributed by atoms with Crippen molar-refractivity contribution in [2.45, 2.75) is 72.3 Å². The Labute approximate surface area is 270 Å². The van der Waals surface area contributed by atoms with Crippen LogP contribution in [0.5, 0.6) is 0 Å². The van der Waals surface area contributed by atoms with Gasteiger partial charge in [0.2, 0.25) is 0 Å². The third kappa shape index (κ3) is 6.47. The van der Waals surface area contributed by atoms with Crippen molar-refractivity contribution in [3.8, 4) is 0 Å². The summed E-state index contributed by atoms with van der Waals surface area (Å²) in [5.41, 5.74) is 13.1. The molecule has 3 aliphatic carbocycles. The predicted molar refractivity (Wildman–Crippen MR) is 195 cm³/mol. The van der Waals surface area contributed by atoms with Gasteiger partial charge in [-0.25, -0.2) is 0 Å². The predicted octanol–water partition coefficient (Wildman–Crippen LogP) is 11.9. The molecule has 6 rings (SSSR count). The van der Waals surface area contributed by atoms with Crippen molar-refractivity contribution in [1.29, 1.82) is 0 Å². The van der Waals surface area contributed by atoms with E-state index in [0.29, 0.717) is 0 Å². The number of hydrogen-bond donors (Lipinski definition) is 0. The number of fused-ring (bicyclic) bond motifs is 3. The Morgan fingerprint density at radius 1 is 0.889 bits per heavy atom. The highest BCUT2D eigenvalue weighted by Crippen LogP contribution is 2.37. The summed E-state index contributed by atoms with van der Waals surface area (Å²) in [6.07, 6.45) is 34.3. The molecule has 0 saturated carbocycles. The Morgan fingerprint density at radius 3 is 2.51 bits per heavy atom. The minimum Gasteiger partial charge on any atom is -0.330 e. The van der Waals surface area contributed by atoms with Crippen LogP contribution in [0.3, 0.4) is 0 Å². The van der Waals surface area contributed by atoms with Gasteiger partial charge in [-0.15, -0.1) is 0 Å². The molecule has 0 bridgehead atoms. The molecule has 0 radical (unpaired) electrons. The molecule has 1 atom stereocenters. The smallest absolute Gasteiger partial charge is 0.0709 e. The van der Waals surface area contributed by atoms with Crippen LogP contribution in [-0.4, -0.2) is 4.57 Å². The van der Waals surface area contributed by atoms with Gasteiger partial charge in [0.1, 0.15) is 0 Å². The van der Waals surface area contributed by atoms with Gasteiger partial charge in [-0.05, 0) is 118 Å². The quantitative estimate of drug-likeness (QED) is 0.196. The summed E-state index contributed by atoms with van der Waals surface area (Å²) in [6, 6.07) is 19.9. The van der Waals surface area contributed by atoms with Crippen LogP contribution in [0.1, 0.15) is 77.1 Å². The van der Waals surface area contributed by atoms with E-state index in [-0.39, 0.29) is 6.04 Å². The van der Waals surface area contributed by atoms with Crippen molar-refractivity contribution in [2.75, 3.05) is 4.90 Å². The fourth-order valence-electron chi connectivity index (χ4n) is 6.92. The van der Waals surface area contributed by atoms with Gasteiger partial charge < -0.3 is 9.47 Å². The lowest BCUT2D eigenvalue weighted by atomic mass is 9.98. The molecule has 1 unspecified atom stereocenters. The molecule has 0 saturated heterocycles. The van der Waals surface area contributed by atoms with Crippen LogP contribution in [0.15, 0.2) is 155 Å². The van der Waals surface area contributed by atoms with Gasteiger partial charge in [-0.3, -0.25) is 0 Å². The summed E-state index contributed by atoms with van der Waals surface area (Å²) in [5, 5.41) is 1.40. The van der Waals surface area contributed by atoms with Gasteiger partial charge in [0.25, 0.3) is 0 Å². The first-order valence-corrected chi connectivity index (χ1v) is 16.7. The molecule has 0 N–H and O–H groups in total. The second-order valence-electron chi connectivity index (χ2n) is 12.3. The van der Waals surface area contributed by atoms with Crippen LogP contribution < -0.4 is 4.90 Å². The highest BCUT2D eigenvalue weighted by Gasteiger charge is 2.22. The molecule has 228 valence electrons. The van der Waals surface area contributed by atoms with Crippen molar-refractivity contribution in [1.82, 2.24) is 4.57 Å². The molecule has 2 aromatic carbocycles. The fraction of sp³-hybridized carbons (Fsp3) is 0.256. The summed E-state index contributed by atoms with van der Waals surface area (Å²) in [5.74, 6) is 0. The van der Waals surface area contributed by atoms with E-state index in [1.165, 1.54) is 74.4 Å². The Kier molecular flexibility index (Phi) is 9.50. The van der Waals surface area contributed by atoms with E-state index in [1.54, 1.807) is 0 Å². The summed E-state index contributed by atoms with van der Waals surface area (Å²) in [7, 11) is 0. The van der Waals surface area contributed by atoms with E-state index in [9.17, 15) is 0 Å². The molecule has 0 fully saturated rings. The first-order valence-electron chi connectivity index (χ1n) is 16.7. The molecule has 45 heavy (non-hydrogen) atoms. The van der Waals surface area contributed by atoms with Gasteiger partial charge in [0.05, 0.1) is 6.04 Å². The Balaban J connectivity index is 1.40. The molecule has 3 aliphatic rings. The maximum absolute atomic E-state index is 2.57. The zero-order valence-corrected chi connectivity index (χ0v) is 27.3. The summed E-state index contributed by atoms with van der Waals surface area (Å²) >= 11 is 0. The fourth-order valence-corrected chi connectivity index (χ4v) is 6.92. The van der Waals surface area contributed by atoms with Crippen molar-refractivity contribution in [3.05, 3.63) is 166 Å². The van der Waals surface area contributed by atoms with Gasteiger partial charge in [-0.1, -0.05) is 104 Å². The number of para-hydroxylation sites is 2. The first kappa shape index (κ1) is 30.5. The third-order valence-electron chi connectivity index (χ3n) is 9.21. The highest BCUT2D eigenvalue weighted by atomic mass is 15.2. The van der Waals surface area contributed by atoms with Crippen LogP contribution in [0, 0.1) is 0 Å². The molecule has 2 heteroatoms. The Morgan fingerprint density at radius 2 is 1.69 bits per heavy atom. The molecule has 1 heterocycles. The number of rotatable bonds is 7. The summed E-state index contributed by atoms with van der Waals surface area (Å²) in [4.78, 5) is 2.44. The number of nitrogens with zero attached hydrogens (tertiary/aromatic N) is 2. The van der Waals surface area contributed by atoms with Crippen molar-refractivity contribution < 1.29 is 0 Å². The lowest BCUT2D eigenvalue weighted by molar-refractivity contribution is 0.737. The van der Waals surface area contributed by atoms with Crippen LogP contribution in [0.25, 0.3) is 17.0 Å². The summed E-state index contributed by atoms with van der Waals surface area (Å²) < 4.78 is 2.57. The molecule has 0 aliphatic heterocycles. The van der Waals surface area contributed by atoms with Gasteiger partial charge >= 0.3 is 0 Å². The van der Waals surface area contributed by atoms with Crippen LogP contribution in [0.4, 0.5) is 5.69 Å². The second kappa shape index (κ2) is 14.0. The molecular formula is C43H46N2. The average molecular weight is 591 g/mol. The molecular weight excluding hydrogens is 544 g/mol. The molecule has 3 aromatic rings. The zero-order chi connectivity index (χ0) is 31.2. The monoisotopic (exact) mass is 590 g/mol. The van der Waals surface area contributed by atoms with Gasteiger partial charge in [0, 0.05) is 33.7 Å². The SMILES string of the molecule is C/C=C(\C=C(/CC)N(C1=C(C)C=CCC=C1)c1ccccc1)C1=C/C/C=C\C(n2c3c(c4ccccc42)CCCC(C)=C3)C=C\1. The Bertz CT molecular complexity index is 1820. The van der Waals surface area contributed by atoms with E-state index in [2.05, 4.69) is 165 Å². The standard InChI is InChI=1S/C43H46N2/c1-5-34(31-36(6-2)44(37-21-10-8-11-22-37)41-26-12-7-9-19-33(41)4)35-20-13-14-23-38(29-28-35)45-42-27-16-15-24-39(42)40-25-17-18-32(3)30-43(40)45/h5,8-12,14-16,19-24,26-31,38H,6-7,13,17-18,25H2,1-4H3/b23-14-,29-28?,34-5+,35-20+,36-31+. The van der Waals surface area contributed by atoms with Crippen LogP contribution in [0.2, 0.25) is 0 Å². The third-order valence-corrected chi connectivity index (χ3v) is 9.21. The average Bonchev–Trinajstić information content (AvgIpc) is 3.17. The molecule has 0 amide bonds. The van der Waals surface area contributed by atoms with E-state index in [4.69, 9.17) is 0 Å². The number of aromatic nitrogens is 1. The second-order valence-corrected chi connectivity index (χ2v) is 12.3. The Hall–Kier alpha value is -4.56. The van der Waals surface area contributed by atoms with Crippen LogP contribution in [-0.2, 0) is 6.42 Å². The summed E-state index contributed by atoms with van der Waals surface area (Å²) in [6.45, 7) is 8.93. The van der Waals surface area contributed by atoms with Crippen molar-refractivity contribution in [2.24, 2.45) is 0 Å². The maximum Gasteiger partial charge on any atom is 0.0709 e. The molecule has 2 nitrogen and oxygen atoms in total. The lowest BCUT2D eigenvalue weighted by Gasteiger charge is -2.30. The lowest BCUT2D eigenvalue weighted by Crippen LogP contribution is -2.22. The van der Waals surface area contributed by atoms with E-state index < -0.39 is 0 Å². The molecule has 1 aromatic heterocycles. The van der Waals surface area contributed by atoms with E-state index in [0.717, 1.165) is 25.7 Å². The molecule has 0 spiro atoms. The van der Waals surface area contributed by atoms with Crippen molar-refractivity contribution in [3.63, 3.8) is 0 Å². The number of anilines is 1. The number of benzene rings is 2. The van der Waals surface area contributed by atoms with E-state index >= 15 is 0 Å². The normalized spacial score (nSPS) is 20.9. The zero-order valence-electron chi connectivity index (χ0n) is 27.3. The minimum absolute atomic E-state index is 0.147. The highest BCUT2D eigenvalue weighted by molar-refractivity contribution is 5.89. The number of aryl methyl sites for hydroxylation is 1. The number of allylic oxidation sites excluding steroid dienone is 16. The number of hydrogen-bond acceptors (Lipinski definition) is 1. The van der Waals surface area contributed by atoms with Crippen LogP contribution >= 0.6 is 0 Å². The minimum atomic E-state index is 0.147. The van der Waals surface area contributed by atoms with Gasteiger partial charge in [0.15, 0.2) is 0 Å². The first-order chi connectivity index (χ1) is 22.1. The topological polar surface area (TPSA) is 8.17 Å². The largest absolute Gasteiger partial charge is 0.330 e. The van der Waals surface area contributed by atoms with Gasteiger partial charge in [-0.2, -0.15) is 0 Å².